The molecule has 178 valence electrons. The van der Waals surface area contributed by atoms with Crippen molar-refractivity contribution < 1.29 is 19.1 Å². The van der Waals surface area contributed by atoms with Gasteiger partial charge in [-0.2, -0.15) is 0 Å². The van der Waals surface area contributed by atoms with E-state index in [-0.39, 0.29) is 11.7 Å². The average Bonchev–Trinajstić information content (AvgIpc) is 3.04. The van der Waals surface area contributed by atoms with Crippen LogP contribution in [0.15, 0.2) is 24.3 Å². The lowest BCUT2D eigenvalue weighted by atomic mass is 9.88. The number of ketones is 1. The maximum Gasteiger partial charge on any atom is 0.354 e. The molecule has 1 amide bonds. The smallest absolute Gasteiger partial charge is 0.354 e. The summed E-state index contributed by atoms with van der Waals surface area (Å²) in [4.78, 5) is 41.4. The van der Waals surface area contributed by atoms with Crippen LogP contribution in [0.3, 0.4) is 0 Å². The van der Waals surface area contributed by atoms with Gasteiger partial charge in [-0.1, -0.05) is 37.0 Å². The fourth-order valence-corrected chi connectivity index (χ4v) is 5.00. The van der Waals surface area contributed by atoms with Crippen molar-refractivity contribution in [3.63, 3.8) is 0 Å². The van der Waals surface area contributed by atoms with Crippen molar-refractivity contribution in [3.8, 4) is 0 Å². The molecule has 0 spiro atoms. The van der Waals surface area contributed by atoms with E-state index in [4.69, 9.17) is 4.74 Å². The zero-order chi connectivity index (χ0) is 24.3. The molecule has 0 saturated heterocycles. The van der Waals surface area contributed by atoms with Gasteiger partial charge in [0.15, 0.2) is 5.78 Å². The number of Topliss-reactive ketones (excluding diaryl/α,β-unsaturated/α-hetero) is 1. The Balaban J connectivity index is 1.97. The summed E-state index contributed by atoms with van der Waals surface area (Å²) < 4.78 is 6.63. The molecule has 3 rings (SSSR count). The zero-order valence-electron chi connectivity index (χ0n) is 20.7. The number of carbonyl (C=O) groups excluding carboxylic acids is 3. The molecule has 0 bridgehead atoms. The number of hydrogen-bond acceptors (Lipinski definition) is 4. The first kappa shape index (κ1) is 24.7. The first-order valence-corrected chi connectivity index (χ1v) is 11.8. The van der Waals surface area contributed by atoms with Crippen molar-refractivity contribution in [2.45, 2.75) is 65.8 Å². The van der Waals surface area contributed by atoms with Crippen molar-refractivity contribution in [3.05, 3.63) is 57.9 Å². The van der Waals surface area contributed by atoms with E-state index in [1.165, 1.54) is 26.4 Å². The van der Waals surface area contributed by atoms with Gasteiger partial charge in [-0.05, 0) is 64.2 Å². The van der Waals surface area contributed by atoms with Crippen LogP contribution < -0.4 is 0 Å². The minimum Gasteiger partial charge on any atom is -0.464 e. The Morgan fingerprint density at radius 2 is 1.67 bits per heavy atom. The molecule has 2 aromatic rings. The summed E-state index contributed by atoms with van der Waals surface area (Å²) in [5.41, 5.74) is 3.84. The number of nitrogens with zero attached hydrogens (tertiary/aromatic N) is 2. The highest BCUT2D eigenvalue weighted by molar-refractivity contribution is 6.07. The third-order valence-electron chi connectivity index (χ3n) is 7.14. The number of aryl methyl sites for hydroxylation is 1. The normalized spacial score (nSPS) is 15.2. The van der Waals surface area contributed by atoms with Crippen LogP contribution in [0, 0.1) is 26.7 Å². The summed E-state index contributed by atoms with van der Waals surface area (Å²) in [6, 6.07) is 6.86. The Labute approximate surface area is 196 Å². The second kappa shape index (κ2) is 10.4. The second-order valence-corrected chi connectivity index (χ2v) is 9.35. The van der Waals surface area contributed by atoms with E-state index >= 15 is 0 Å². The molecule has 1 heterocycles. The SMILES string of the molecule is COC(=O)c1c(C)c(C(=O)C(C)N(CC2CCCCC2)C(=O)c2ccc(C)cc2)c(C)n1C. The Morgan fingerprint density at radius 1 is 1.06 bits per heavy atom. The Hall–Kier alpha value is -2.89. The predicted octanol–water partition coefficient (Wildman–Crippen LogP) is 5.03. The van der Waals surface area contributed by atoms with E-state index in [1.807, 2.05) is 38.1 Å². The average molecular weight is 453 g/mol. The molecule has 1 atom stereocenters. The summed E-state index contributed by atoms with van der Waals surface area (Å²) in [7, 11) is 3.09. The molecule has 1 aliphatic rings. The van der Waals surface area contributed by atoms with Gasteiger partial charge in [0, 0.05) is 30.4 Å². The Morgan fingerprint density at radius 3 is 2.24 bits per heavy atom. The van der Waals surface area contributed by atoms with E-state index in [0.29, 0.717) is 40.5 Å². The van der Waals surface area contributed by atoms with Crippen LogP contribution in [-0.4, -0.2) is 46.8 Å². The number of carbonyl (C=O) groups is 3. The van der Waals surface area contributed by atoms with Gasteiger partial charge in [0.1, 0.15) is 5.69 Å². The van der Waals surface area contributed by atoms with E-state index in [0.717, 1.165) is 18.4 Å². The Bertz CT molecular complexity index is 1030. The van der Waals surface area contributed by atoms with Gasteiger partial charge in [-0.3, -0.25) is 9.59 Å². The molecule has 1 saturated carbocycles. The van der Waals surface area contributed by atoms with Crippen LogP contribution in [0.1, 0.15) is 87.1 Å². The number of ether oxygens (including phenoxy) is 1. The number of benzene rings is 1. The lowest BCUT2D eigenvalue weighted by molar-refractivity contribution is 0.0577. The second-order valence-electron chi connectivity index (χ2n) is 9.35. The monoisotopic (exact) mass is 452 g/mol. The summed E-state index contributed by atoms with van der Waals surface area (Å²) in [6.07, 6.45) is 5.72. The number of methoxy groups -OCH3 is 1. The first-order chi connectivity index (χ1) is 15.7. The maximum atomic E-state index is 13.8. The molecule has 1 aromatic heterocycles. The van der Waals surface area contributed by atoms with E-state index < -0.39 is 12.0 Å². The number of aromatic nitrogens is 1. The number of esters is 1. The summed E-state index contributed by atoms with van der Waals surface area (Å²) in [5.74, 6) is -0.348. The van der Waals surface area contributed by atoms with Crippen LogP contribution in [0.25, 0.3) is 0 Å². The number of amides is 1. The van der Waals surface area contributed by atoms with Gasteiger partial charge in [-0.15, -0.1) is 0 Å². The third-order valence-corrected chi connectivity index (χ3v) is 7.14. The van der Waals surface area contributed by atoms with Crippen molar-refractivity contribution in [1.82, 2.24) is 9.47 Å². The molecular weight excluding hydrogens is 416 g/mol. The summed E-state index contributed by atoms with van der Waals surface area (Å²) >= 11 is 0. The van der Waals surface area contributed by atoms with Gasteiger partial charge < -0.3 is 14.2 Å². The molecule has 6 heteroatoms. The summed E-state index contributed by atoms with van der Waals surface area (Å²) in [5, 5.41) is 0. The lowest BCUT2D eigenvalue weighted by Gasteiger charge is -2.33. The molecule has 1 unspecified atom stereocenters. The van der Waals surface area contributed by atoms with Gasteiger partial charge in [0.25, 0.3) is 5.91 Å². The van der Waals surface area contributed by atoms with Crippen LogP contribution in [0.5, 0.6) is 0 Å². The molecule has 1 aliphatic carbocycles. The van der Waals surface area contributed by atoms with Crippen molar-refractivity contribution in [2.75, 3.05) is 13.7 Å². The van der Waals surface area contributed by atoms with Crippen LogP contribution in [0.2, 0.25) is 0 Å². The van der Waals surface area contributed by atoms with E-state index in [2.05, 4.69) is 0 Å². The quantitative estimate of drug-likeness (QED) is 0.436. The highest BCUT2D eigenvalue weighted by Crippen LogP contribution is 2.28. The predicted molar refractivity (Wildman–Crippen MR) is 129 cm³/mol. The standard InChI is InChI=1S/C27H36N2O4/c1-17-12-14-22(15-13-17)26(31)29(16-21-10-8-7-9-11-21)20(4)25(30)23-18(2)24(27(32)33-6)28(5)19(23)3/h12-15,20-21H,7-11,16H2,1-6H3. The van der Waals surface area contributed by atoms with Gasteiger partial charge in [0.2, 0.25) is 0 Å². The molecule has 1 aromatic carbocycles. The Kier molecular flexibility index (Phi) is 7.77. The number of rotatable bonds is 7. The fraction of sp³-hybridized carbons (Fsp3) is 0.519. The topological polar surface area (TPSA) is 68.6 Å². The summed E-state index contributed by atoms with van der Waals surface area (Å²) in [6.45, 7) is 7.95. The minimum atomic E-state index is -0.647. The van der Waals surface area contributed by atoms with Gasteiger partial charge in [-0.25, -0.2) is 4.79 Å². The van der Waals surface area contributed by atoms with Crippen LogP contribution in [-0.2, 0) is 11.8 Å². The molecule has 0 aliphatic heterocycles. The lowest BCUT2D eigenvalue weighted by Crippen LogP contribution is -2.46. The minimum absolute atomic E-state index is 0.124. The molecule has 0 radical (unpaired) electrons. The van der Waals surface area contributed by atoms with Gasteiger partial charge in [0.05, 0.1) is 13.2 Å². The van der Waals surface area contributed by atoms with Crippen molar-refractivity contribution >= 4 is 17.7 Å². The largest absolute Gasteiger partial charge is 0.464 e. The van der Waals surface area contributed by atoms with Crippen LogP contribution >= 0.6 is 0 Å². The van der Waals surface area contributed by atoms with Crippen molar-refractivity contribution in [2.24, 2.45) is 13.0 Å². The zero-order valence-corrected chi connectivity index (χ0v) is 20.7. The highest BCUT2D eigenvalue weighted by atomic mass is 16.5. The van der Waals surface area contributed by atoms with E-state index in [1.54, 1.807) is 30.4 Å². The molecule has 1 fully saturated rings. The number of hydrogen-bond donors (Lipinski definition) is 0. The molecular formula is C27H36N2O4. The molecule has 0 N–H and O–H groups in total. The third kappa shape index (κ3) is 5.05. The molecule has 33 heavy (non-hydrogen) atoms. The van der Waals surface area contributed by atoms with Crippen LogP contribution in [0.4, 0.5) is 0 Å². The fourth-order valence-electron chi connectivity index (χ4n) is 5.00. The first-order valence-electron chi connectivity index (χ1n) is 11.8. The van der Waals surface area contributed by atoms with Gasteiger partial charge >= 0.3 is 5.97 Å². The van der Waals surface area contributed by atoms with Crippen molar-refractivity contribution in [1.29, 1.82) is 0 Å². The molecule has 6 nitrogen and oxygen atoms in total. The highest BCUT2D eigenvalue weighted by Gasteiger charge is 2.34. The maximum absolute atomic E-state index is 13.8. The van der Waals surface area contributed by atoms with E-state index in [9.17, 15) is 14.4 Å².